The topological polar surface area (TPSA) is 25.2 Å². The van der Waals surface area contributed by atoms with Crippen LogP contribution in [0.1, 0.15) is 6.42 Å². The molecule has 0 saturated heterocycles. The van der Waals surface area contributed by atoms with Crippen molar-refractivity contribution in [3.63, 3.8) is 0 Å². The van der Waals surface area contributed by atoms with Gasteiger partial charge in [-0.05, 0) is 12.7 Å². The third-order valence-corrected chi connectivity index (χ3v) is 3.50. The molecule has 58 valence electrons. The van der Waals surface area contributed by atoms with Crippen molar-refractivity contribution >= 4 is 29.2 Å². The van der Waals surface area contributed by atoms with Crippen LogP contribution < -0.4 is 10.0 Å². The van der Waals surface area contributed by atoms with E-state index in [0.717, 1.165) is 27.3 Å². The van der Waals surface area contributed by atoms with Crippen LogP contribution in [0.2, 0.25) is 0 Å². The number of aromatic nitrogens is 1. The van der Waals surface area contributed by atoms with Gasteiger partial charge in [-0.1, -0.05) is 29.2 Å². The summed E-state index contributed by atoms with van der Waals surface area (Å²) >= 11 is 3.38. The maximum Gasteiger partial charge on any atom is 0.152 e. The first kappa shape index (κ1) is 7.31. The number of thiazole rings is 1. The molecule has 0 aliphatic carbocycles. The summed E-state index contributed by atoms with van der Waals surface area (Å²) < 4.78 is 2.23. The molecule has 0 saturated carbocycles. The highest BCUT2D eigenvalue weighted by Gasteiger charge is 2.01. The molecule has 0 fully saturated rings. The lowest BCUT2D eigenvalue weighted by Gasteiger charge is -1.89. The number of hydrogen-bond acceptors (Lipinski definition) is 4. The van der Waals surface area contributed by atoms with E-state index in [1.54, 1.807) is 23.1 Å². The van der Waals surface area contributed by atoms with E-state index in [9.17, 15) is 0 Å². The minimum Gasteiger partial charge on any atom is -0.272 e. The molecule has 0 amide bonds. The Morgan fingerprint density at radius 3 is 3.27 bits per heavy atom. The van der Waals surface area contributed by atoms with Crippen molar-refractivity contribution in [1.29, 1.82) is 0 Å². The highest BCUT2D eigenvalue weighted by molar-refractivity contribution is 8.00. The van der Waals surface area contributed by atoms with E-state index < -0.39 is 0 Å². The summed E-state index contributed by atoms with van der Waals surface area (Å²) in [5.74, 6) is 0. The molecule has 1 aromatic rings. The van der Waals surface area contributed by atoms with Gasteiger partial charge in [0, 0.05) is 6.54 Å². The molecule has 2 rings (SSSR count). The molecule has 2 heterocycles. The van der Waals surface area contributed by atoms with Crippen LogP contribution >= 0.6 is 23.1 Å². The van der Waals surface area contributed by atoms with Crippen LogP contribution in [-0.4, -0.2) is 17.8 Å². The summed E-state index contributed by atoms with van der Waals surface area (Å²) in [5, 5.41) is 1.09. The van der Waals surface area contributed by atoms with E-state index in [2.05, 4.69) is 16.1 Å². The van der Waals surface area contributed by atoms with Gasteiger partial charge >= 0.3 is 0 Å². The Balaban J connectivity index is 2.66. The number of nitrogens with zero attached hydrogens (tertiary/aromatic N) is 2. The van der Waals surface area contributed by atoms with Crippen LogP contribution in [-0.2, 0) is 0 Å². The van der Waals surface area contributed by atoms with Crippen LogP contribution in [0, 0.1) is 0 Å². The Morgan fingerprint density at radius 2 is 2.55 bits per heavy atom. The highest BCUT2D eigenvalue weighted by atomic mass is 32.2. The summed E-state index contributed by atoms with van der Waals surface area (Å²) in [7, 11) is 0. The Labute approximate surface area is 73.1 Å². The standard InChI is InChI=1S/C7H8N2S2/c1-10-7-9-5-3-2-4-8-6(5)11-7/h3H,2,4H2,1H3. The minimum absolute atomic E-state index is 0.934. The summed E-state index contributed by atoms with van der Waals surface area (Å²) in [6.07, 6.45) is 5.26. The molecule has 11 heavy (non-hydrogen) atoms. The van der Waals surface area contributed by atoms with Gasteiger partial charge in [0.25, 0.3) is 0 Å². The lowest BCUT2D eigenvalue weighted by atomic mass is 10.3. The van der Waals surface area contributed by atoms with Crippen LogP contribution in [0.25, 0.3) is 6.08 Å². The zero-order chi connectivity index (χ0) is 7.68. The molecule has 0 bridgehead atoms. The molecule has 0 aromatic carbocycles. The molecule has 1 aromatic heterocycles. The molecule has 2 nitrogen and oxygen atoms in total. The Kier molecular flexibility index (Phi) is 1.96. The molecule has 0 atom stereocenters. The lowest BCUT2D eigenvalue weighted by molar-refractivity contribution is 0.958. The number of rotatable bonds is 1. The molecular weight excluding hydrogens is 176 g/mol. The van der Waals surface area contributed by atoms with Crippen molar-refractivity contribution in [2.24, 2.45) is 4.99 Å². The van der Waals surface area contributed by atoms with Crippen molar-refractivity contribution < 1.29 is 0 Å². The first-order valence-electron chi connectivity index (χ1n) is 3.45. The normalized spacial score (nSPS) is 15.0. The Bertz CT molecular complexity index is 333. The molecule has 0 unspecified atom stereocenters. The second-order valence-corrected chi connectivity index (χ2v) is 4.28. The van der Waals surface area contributed by atoms with Gasteiger partial charge < -0.3 is 0 Å². The van der Waals surface area contributed by atoms with E-state index >= 15 is 0 Å². The van der Waals surface area contributed by atoms with E-state index in [1.165, 1.54) is 0 Å². The fourth-order valence-electron chi connectivity index (χ4n) is 1.00. The third kappa shape index (κ3) is 1.32. The van der Waals surface area contributed by atoms with Crippen molar-refractivity contribution in [3.05, 3.63) is 10.0 Å². The average Bonchev–Trinajstić information content (AvgIpc) is 2.46. The van der Waals surface area contributed by atoms with Crippen molar-refractivity contribution in [2.75, 3.05) is 12.8 Å². The van der Waals surface area contributed by atoms with Gasteiger partial charge in [-0.15, -0.1) is 0 Å². The Hall–Kier alpha value is -0.350. The first-order valence-corrected chi connectivity index (χ1v) is 5.50. The van der Waals surface area contributed by atoms with Crippen LogP contribution in [0.3, 0.4) is 0 Å². The first-order chi connectivity index (χ1) is 5.40. The second kappa shape index (κ2) is 2.95. The molecule has 1 aliphatic rings. The number of hydrogen-bond donors (Lipinski definition) is 0. The predicted molar refractivity (Wildman–Crippen MR) is 48.6 cm³/mol. The maximum absolute atomic E-state index is 4.40. The highest BCUT2D eigenvalue weighted by Crippen LogP contribution is 2.11. The van der Waals surface area contributed by atoms with Gasteiger partial charge in [0.1, 0.15) is 4.67 Å². The quantitative estimate of drug-likeness (QED) is 0.599. The summed E-state index contributed by atoms with van der Waals surface area (Å²) in [5.41, 5.74) is 0. The zero-order valence-electron chi connectivity index (χ0n) is 6.20. The molecule has 1 aliphatic heterocycles. The minimum atomic E-state index is 0.934. The monoisotopic (exact) mass is 184 g/mol. The van der Waals surface area contributed by atoms with Gasteiger partial charge in [0.15, 0.2) is 4.34 Å². The van der Waals surface area contributed by atoms with Gasteiger partial charge in [0.2, 0.25) is 0 Å². The summed E-state index contributed by atoms with van der Waals surface area (Å²) in [6, 6.07) is 0. The fraction of sp³-hybridized carbons (Fsp3) is 0.429. The summed E-state index contributed by atoms with van der Waals surface area (Å²) in [4.78, 5) is 8.77. The third-order valence-electron chi connectivity index (χ3n) is 1.51. The largest absolute Gasteiger partial charge is 0.272 e. The molecule has 4 heteroatoms. The van der Waals surface area contributed by atoms with E-state index in [1.807, 2.05) is 6.26 Å². The second-order valence-electron chi connectivity index (χ2n) is 2.25. The molecule has 0 spiro atoms. The van der Waals surface area contributed by atoms with Gasteiger partial charge in [0.05, 0.1) is 5.35 Å². The summed E-state index contributed by atoms with van der Waals surface area (Å²) in [6.45, 7) is 0.934. The number of fused-ring (bicyclic) bond motifs is 1. The predicted octanol–water partition coefficient (Wildman–Crippen LogP) is 0.669. The van der Waals surface area contributed by atoms with Crippen LogP contribution in [0.5, 0.6) is 0 Å². The van der Waals surface area contributed by atoms with Gasteiger partial charge in [-0.2, -0.15) is 0 Å². The molecule has 0 N–H and O–H groups in total. The lowest BCUT2D eigenvalue weighted by Crippen LogP contribution is -2.24. The average molecular weight is 184 g/mol. The maximum atomic E-state index is 4.40. The van der Waals surface area contributed by atoms with E-state index in [-0.39, 0.29) is 0 Å². The smallest absolute Gasteiger partial charge is 0.152 e. The van der Waals surface area contributed by atoms with Crippen LogP contribution in [0.4, 0.5) is 0 Å². The van der Waals surface area contributed by atoms with Gasteiger partial charge in [-0.25, -0.2) is 4.98 Å². The van der Waals surface area contributed by atoms with E-state index in [0.29, 0.717) is 0 Å². The van der Waals surface area contributed by atoms with E-state index in [4.69, 9.17) is 0 Å². The van der Waals surface area contributed by atoms with Gasteiger partial charge in [-0.3, -0.25) is 4.99 Å². The Morgan fingerprint density at radius 1 is 1.64 bits per heavy atom. The molecular formula is C7H8N2S2. The van der Waals surface area contributed by atoms with Crippen LogP contribution in [0.15, 0.2) is 9.33 Å². The van der Waals surface area contributed by atoms with Crippen molar-refractivity contribution in [2.45, 2.75) is 10.8 Å². The number of thioether (sulfide) groups is 1. The SMILES string of the molecule is CSc1nc2c(s1)=NCCC=2. The fourth-order valence-corrected chi connectivity index (χ4v) is 2.46. The molecule has 0 radical (unpaired) electrons. The van der Waals surface area contributed by atoms with Crippen molar-refractivity contribution in [3.8, 4) is 0 Å². The zero-order valence-corrected chi connectivity index (χ0v) is 7.84. The van der Waals surface area contributed by atoms with Crippen molar-refractivity contribution in [1.82, 2.24) is 4.98 Å².